The largest absolute Gasteiger partial charge is 0.316 e. The lowest BCUT2D eigenvalue weighted by molar-refractivity contribution is 0.613. The molecule has 0 unspecified atom stereocenters. The minimum absolute atomic E-state index is 0.148. The third-order valence-corrected chi connectivity index (χ3v) is 3.39. The minimum Gasteiger partial charge on any atom is -0.316 e. The van der Waals surface area contributed by atoms with Gasteiger partial charge in [0, 0.05) is 0 Å². The lowest BCUT2D eigenvalue weighted by Crippen LogP contribution is -2.18. The molecule has 2 aromatic rings. The lowest BCUT2D eigenvalue weighted by atomic mass is 10.1. The molecule has 0 saturated carbocycles. The SMILES string of the molecule is Fc1cccc(CCNCCCCc2ccccc2)c1. The highest BCUT2D eigenvalue weighted by atomic mass is 19.1. The first-order chi connectivity index (χ1) is 9.84. The summed E-state index contributed by atoms with van der Waals surface area (Å²) >= 11 is 0. The quantitative estimate of drug-likeness (QED) is 0.716. The number of hydrogen-bond donors (Lipinski definition) is 1. The van der Waals surface area contributed by atoms with Gasteiger partial charge in [-0.1, -0.05) is 42.5 Å². The first-order valence-corrected chi connectivity index (χ1v) is 7.34. The molecule has 106 valence electrons. The first-order valence-electron chi connectivity index (χ1n) is 7.34. The number of aryl methyl sites for hydroxylation is 1. The van der Waals surface area contributed by atoms with Crippen molar-refractivity contribution >= 4 is 0 Å². The molecule has 0 saturated heterocycles. The third kappa shape index (κ3) is 5.54. The van der Waals surface area contributed by atoms with Crippen molar-refractivity contribution in [2.24, 2.45) is 0 Å². The predicted molar refractivity (Wildman–Crippen MR) is 82.4 cm³/mol. The average molecular weight is 271 g/mol. The van der Waals surface area contributed by atoms with Crippen molar-refractivity contribution in [1.82, 2.24) is 5.32 Å². The molecule has 2 rings (SSSR count). The Morgan fingerprint density at radius 3 is 2.35 bits per heavy atom. The standard InChI is InChI=1S/C18H22FN/c19-18-11-6-10-17(15-18)12-14-20-13-5-4-9-16-7-2-1-3-8-16/h1-3,6-8,10-11,15,20H,4-5,9,12-14H2. The fourth-order valence-corrected chi connectivity index (χ4v) is 2.27. The van der Waals surface area contributed by atoms with E-state index in [1.165, 1.54) is 24.5 Å². The molecule has 2 heteroatoms. The van der Waals surface area contributed by atoms with E-state index in [2.05, 4.69) is 35.6 Å². The lowest BCUT2D eigenvalue weighted by Gasteiger charge is -2.05. The fourth-order valence-electron chi connectivity index (χ4n) is 2.27. The number of benzene rings is 2. The second-order valence-corrected chi connectivity index (χ2v) is 5.07. The number of halogens is 1. The molecule has 0 fully saturated rings. The van der Waals surface area contributed by atoms with Crippen molar-refractivity contribution in [3.8, 4) is 0 Å². The Balaban J connectivity index is 1.52. The topological polar surface area (TPSA) is 12.0 Å². The monoisotopic (exact) mass is 271 g/mol. The Hall–Kier alpha value is -1.67. The summed E-state index contributed by atoms with van der Waals surface area (Å²) in [6, 6.07) is 17.4. The van der Waals surface area contributed by atoms with E-state index in [0.717, 1.165) is 31.5 Å². The molecule has 0 bridgehead atoms. The molecule has 0 radical (unpaired) electrons. The second kappa shape index (κ2) is 8.49. The maximum absolute atomic E-state index is 13.0. The Bertz CT molecular complexity index is 496. The molecule has 0 aromatic heterocycles. The smallest absolute Gasteiger partial charge is 0.123 e. The molecule has 0 amide bonds. The summed E-state index contributed by atoms with van der Waals surface area (Å²) in [6.07, 6.45) is 4.41. The van der Waals surface area contributed by atoms with Crippen LogP contribution < -0.4 is 5.32 Å². The number of hydrogen-bond acceptors (Lipinski definition) is 1. The zero-order chi connectivity index (χ0) is 14.0. The van der Waals surface area contributed by atoms with Crippen LogP contribution in [-0.2, 0) is 12.8 Å². The van der Waals surface area contributed by atoms with Gasteiger partial charge in [0.05, 0.1) is 0 Å². The average Bonchev–Trinajstić information content (AvgIpc) is 2.47. The van der Waals surface area contributed by atoms with Gasteiger partial charge in [0.15, 0.2) is 0 Å². The highest BCUT2D eigenvalue weighted by Gasteiger charge is 1.96. The van der Waals surface area contributed by atoms with E-state index in [1.807, 2.05) is 6.07 Å². The van der Waals surface area contributed by atoms with Gasteiger partial charge >= 0.3 is 0 Å². The molecule has 0 aliphatic heterocycles. The van der Waals surface area contributed by atoms with Gasteiger partial charge in [-0.05, 0) is 62.0 Å². The van der Waals surface area contributed by atoms with Crippen molar-refractivity contribution in [1.29, 1.82) is 0 Å². The van der Waals surface area contributed by atoms with Crippen LogP contribution in [0.4, 0.5) is 4.39 Å². The van der Waals surface area contributed by atoms with Crippen LogP contribution in [0.2, 0.25) is 0 Å². The van der Waals surface area contributed by atoms with Crippen LogP contribution in [0, 0.1) is 5.82 Å². The minimum atomic E-state index is -0.148. The molecule has 0 aliphatic rings. The number of unbranched alkanes of at least 4 members (excludes halogenated alkanes) is 1. The Kier molecular flexibility index (Phi) is 6.25. The van der Waals surface area contributed by atoms with E-state index in [4.69, 9.17) is 0 Å². The van der Waals surface area contributed by atoms with Crippen molar-refractivity contribution in [2.45, 2.75) is 25.7 Å². The van der Waals surface area contributed by atoms with Crippen LogP contribution in [0.3, 0.4) is 0 Å². The maximum atomic E-state index is 13.0. The third-order valence-electron chi connectivity index (χ3n) is 3.39. The molecule has 2 aromatic carbocycles. The van der Waals surface area contributed by atoms with Gasteiger partial charge in [-0.3, -0.25) is 0 Å². The van der Waals surface area contributed by atoms with Gasteiger partial charge in [0.2, 0.25) is 0 Å². The second-order valence-electron chi connectivity index (χ2n) is 5.07. The molecule has 1 nitrogen and oxygen atoms in total. The van der Waals surface area contributed by atoms with Gasteiger partial charge in [-0.15, -0.1) is 0 Å². The van der Waals surface area contributed by atoms with Gasteiger partial charge in [-0.2, -0.15) is 0 Å². The Morgan fingerprint density at radius 2 is 1.55 bits per heavy atom. The highest BCUT2D eigenvalue weighted by Crippen LogP contribution is 2.05. The molecule has 0 aliphatic carbocycles. The summed E-state index contributed by atoms with van der Waals surface area (Å²) < 4.78 is 13.0. The summed E-state index contributed by atoms with van der Waals surface area (Å²) in [6.45, 7) is 1.94. The van der Waals surface area contributed by atoms with Crippen LogP contribution in [0.5, 0.6) is 0 Å². The van der Waals surface area contributed by atoms with Crippen LogP contribution in [0.15, 0.2) is 54.6 Å². The number of nitrogens with one attached hydrogen (secondary N) is 1. The van der Waals surface area contributed by atoms with Gasteiger partial charge in [-0.25, -0.2) is 4.39 Å². The zero-order valence-electron chi connectivity index (χ0n) is 11.8. The number of rotatable bonds is 8. The molecule has 0 heterocycles. The van der Waals surface area contributed by atoms with Gasteiger partial charge in [0.1, 0.15) is 5.82 Å². The van der Waals surface area contributed by atoms with Gasteiger partial charge < -0.3 is 5.32 Å². The summed E-state index contributed by atoms with van der Waals surface area (Å²) in [5.74, 6) is -0.148. The molecule has 20 heavy (non-hydrogen) atoms. The summed E-state index contributed by atoms with van der Waals surface area (Å²) in [5.41, 5.74) is 2.47. The van der Waals surface area contributed by atoms with Gasteiger partial charge in [0.25, 0.3) is 0 Å². The van der Waals surface area contributed by atoms with Crippen molar-refractivity contribution < 1.29 is 4.39 Å². The Morgan fingerprint density at radius 1 is 0.750 bits per heavy atom. The van der Waals surface area contributed by atoms with E-state index < -0.39 is 0 Å². The van der Waals surface area contributed by atoms with E-state index in [1.54, 1.807) is 12.1 Å². The van der Waals surface area contributed by atoms with Crippen molar-refractivity contribution in [3.63, 3.8) is 0 Å². The van der Waals surface area contributed by atoms with Crippen LogP contribution in [0.1, 0.15) is 24.0 Å². The molecule has 1 N–H and O–H groups in total. The van der Waals surface area contributed by atoms with E-state index in [0.29, 0.717) is 0 Å². The predicted octanol–water partition coefficient (Wildman–Crippen LogP) is 3.98. The zero-order valence-corrected chi connectivity index (χ0v) is 11.8. The summed E-state index contributed by atoms with van der Waals surface area (Å²) in [7, 11) is 0. The highest BCUT2D eigenvalue weighted by molar-refractivity contribution is 5.16. The normalized spacial score (nSPS) is 10.7. The van der Waals surface area contributed by atoms with E-state index in [-0.39, 0.29) is 5.82 Å². The summed E-state index contributed by atoms with van der Waals surface area (Å²) in [5, 5.41) is 3.42. The van der Waals surface area contributed by atoms with Crippen LogP contribution >= 0.6 is 0 Å². The van der Waals surface area contributed by atoms with E-state index in [9.17, 15) is 4.39 Å². The Labute approximate surface area is 120 Å². The molecule has 0 spiro atoms. The molecular weight excluding hydrogens is 249 g/mol. The molecule has 0 atom stereocenters. The van der Waals surface area contributed by atoms with Crippen LogP contribution in [0.25, 0.3) is 0 Å². The van der Waals surface area contributed by atoms with Crippen LogP contribution in [-0.4, -0.2) is 13.1 Å². The maximum Gasteiger partial charge on any atom is 0.123 e. The molecular formula is C18H22FN. The van der Waals surface area contributed by atoms with E-state index >= 15 is 0 Å². The van der Waals surface area contributed by atoms with Crippen molar-refractivity contribution in [3.05, 3.63) is 71.5 Å². The first kappa shape index (κ1) is 14.7. The fraction of sp³-hybridized carbons (Fsp3) is 0.333. The van der Waals surface area contributed by atoms with Crippen molar-refractivity contribution in [2.75, 3.05) is 13.1 Å². The summed E-state index contributed by atoms with van der Waals surface area (Å²) in [4.78, 5) is 0.